The number of nitrogens with one attached hydrogen (secondary N) is 2. The number of hydrogen-bond acceptors (Lipinski definition) is 6. The monoisotopic (exact) mass is 487 g/mol. The summed E-state index contributed by atoms with van der Waals surface area (Å²) in [5.74, 6) is 0.680. The van der Waals surface area contributed by atoms with Gasteiger partial charge in [0.25, 0.3) is 0 Å². The average Bonchev–Trinajstić information content (AvgIpc) is 3.45. The molecule has 1 fully saturated rings. The van der Waals surface area contributed by atoms with Crippen LogP contribution in [0.5, 0.6) is 0 Å². The third-order valence-corrected chi connectivity index (χ3v) is 7.04. The van der Waals surface area contributed by atoms with Gasteiger partial charge in [0.1, 0.15) is 6.33 Å². The average molecular weight is 488 g/mol. The molecule has 3 aromatic heterocycles. The molecule has 5 rings (SSSR count). The van der Waals surface area contributed by atoms with E-state index in [9.17, 15) is 4.79 Å². The second-order valence-electron chi connectivity index (χ2n) is 9.83. The van der Waals surface area contributed by atoms with Gasteiger partial charge in [-0.05, 0) is 81.1 Å². The first kappa shape index (κ1) is 23.9. The van der Waals surface area contributed by atoms with E-state index in [1.807, 2.05) is 31.8 Å². The van der Waals surface area contributed by atoms with Crippen molar-refractivity contribution in [2.24, 2.45) is 10.1 Å². The van der Waals surface area contributed by atoms with Crippen molar-refractivity contribution in [2.45, 2.75) is 51.6 Å². The smallest absolute Gasteiger partial charge is 0.307 e. The summed E-state index contributed by atoms with van der Waals surface area (Å²) in [6.07, 6.45) is 7.42. The van der Waals surface area contributed by atoms with Crippen LogP contribution in [0.1, 0.15) is 42.9 Å². The number of rotatable bonds is 6. The molecule has 1 aliphatic carbocycles. The Balaban J connectivity index is 1.36. The molecule has 0 aliphatic heterocycles. The van der Waals surface area contributed by atoms with Crippen LogP contribution in [-0.2, 0) is 0 Å². The molecule has 188 valence electrons. The van der Waals surface area contributed by atoms with Gasteiger partial charge in [-0.25, -0.2) is 19.3 Å². The van der Waals surface area contributed by atoms with Crippen molar-refractivity contribution in [1.29, 1.82) is 0 Å². The van der Waals surface area contributed by atoms with Crippen molar-refractivity contribution in [3.8, 4) is 11.1 Å². The zero-order chi connectivity index (χ0) is 25.4. The highest BCUT2D eigenvalue weighted by molar-refractivity contribution is 5.87. The number of aryl methyl sites for hydroxylation is 2. The molecule has 36 heavy (non-hydrogen) atoms. The van der Waals surface area contributed by atoms with E-state index in [0.717, 1.165) is 64.6 Å². The van der Waals surface area contributed by atoms with Gasteiger partial charge in [-0.3, -0.25) is 4.57 Å². The quantitative estimate of drug-likeness (QED) is 0.246. The zero-order valence-electron chi connectivity index (χ0n) is 21.3. The number of amidine groups is 1. The largest absolute Gasteiger partial charge is 0.326 e. The van der Waals surface area contributed by atoms with Gasteiger partial charge in [0, 0.05) is 37.9 Å². The standard InChI is InChI=1S/C26H33N9O/c1-16-11-23-22(12-21(16)18-10-17(2)25-29-15-30-34(25)14-18)31-26(36)35(23)20-8-6-19(7-9-20)28-13-24(27-3)32-33(4)5/h10-12,14-15,19-20,28H,3,6-9,13H2,1-2,4-5H3,(H,31,36)/b32-24-. The van der Waals surface area contributed by atoms with Gasteiger partial charge < -0.3 is 15.3 Å². The second kappa shape index (κ2) is 9.69. The number of H-pyrrole nitrogens is 1. The van der Waals surface area contributed by atoms with Gasteiger partial charge in [-0.15, -0.1) is 0 Å². The van der Waals surface area contributed by atoms with E-state index < -0.39 is 0 Å². The van der Waals surface area contributed by atoms with Gasteiger partial charge >= 0.3 is 5.69 Å². The molecule has 0 spiro atoms. The van der Waals surface area contributed by atoms with Crippen molar-refractivity contribution in [1.82, 2.24) is 34.5 Å². The molecule has 2 N–H and O–H groups in total. The van der Waals surface area contributed by atoms with Gasteiger partial charge in [0.05, 0.1) is 17.6 Å². The predicted molar refractivity (Wildman–Crippen MR) is 144 cm³/mol. The van der Waals surface area contributed by atoms with Crippen LogP contribution in [0.25, 0.3) is 27.8 Å². The maximum Gasteiger partial charge on any atom is 0.326 e. The molecule has 0 atom stereocenters. The first-order valence-corrected chi connectivity index (χ1v) is 12.3. The number of aliphatic imine (C=N–C) groups is 1. The van der Waals surface area contributed by atoms with E-state index in [1.165, 1.54) is 0 Å². The molecule has 4 aromatic rings. The van der Waals surface area contributed by atoms with E-state index >= 15 is 0 Å². The first-order valence-electron chi connectivity index (χ1n) is 12.3. The molecule has 1 aromatic carbocycles. The minimum Gasteiger partial charge on any atom is -0.307 e. The Hall–Kier alpha value is -3.79. The lowest BCUT2D eigenvalue weighted by Crippen LogP contribution is -2.38. The van der Waals surface area contributed by atoms with Crippen LogP contribution >= 0.6 is 0 Å². The number of fused-ring (bicyclic) bond motifs is 2. The number of hydrogen-bond donors (Lipinski definition) is 2. The van der Waals surface area contributed by atoms with Gasteiger partial charge in [-0.1, -0.05) is 0 Å². The molecular weight excluding hydrogens is 454 g/mol. The third kappa shape index (κ3) is 4.56. The van der Waals surface area contributed by atoms with Crippen LogP contribution in [0.4, 0.5) is 0 Å². The van der Waals surface area contributed by atoms with Crippen molar-refractivity contribution < 1.29 is 0 Å². The Morgan fingerprint density at radius 1 is 1.19 bits per heavy atom. The lowest BCUT2D eigenvalue weighted by molar-refractivity contribution is 0.297. The summed E-state index contributed by atoms with van der Waals surface area (Å²) in [6.45, 7) is 8.34. The molecule has 0 bridgehead atoms. The Labute approximate surface area is 209 Å². The highest BCUT2D eigenvalue weighted by Crippen LogP contribution is 2.33. The van der Waals surface area contributed by atoms with Gasteiger partial charge in [0.2, 0.25) is 0 Å². The molecule has 1 saturated carbocycles. The molecule has 0 amide bonds. The highest BCUT2D eigenvalue weighted by atomic mass is 16.1. The first-order chi connectivity index (χ1) is 17.3. The fourth-order valence-electron chi connectivity index (χ4n) is 5.32. The number of nitrogens with zero attached hydrogens (tertiary/aromatic N) is 7. The normalized spacial score (nSPS) is 18.7. The van der Waals surface area contributed by atoms with E-state index in [2.05, 4.69) is 62.3 Å². The number of aromatic nitrogens is 5. The number of hydrazone groups is 1. The van der Waals surface area contributed by atoms with Crippen LogP contribution in [0.3, 0.4) is 0 Å². The highest BCUT2D eigenvalue weighted by Gasteiger charge is 2.25. The van der Waals surface area contributed by atoms with Crippen molar-refractivity contribution in [3.63, 3.8) is 0 Å². The summed E-state index contributed by atoms with van der Waals surface area (Å²) in [5.41, 5.74) is 6.94. The van der Waals surface area contributed by atoms with Crippen molar-refractivity contribution in [2.75, 3.05) is 20.6 Å². The van der Waals surface area contributed by atoms with E-state index in [0.29, 0.717) is 18.4 Å². The zero-order valence-corrected chi connectivity index (χ0v) is 21.3. The molecule has 0 radical (unpaired) electrons. The number of benzene rings is 1. The lowest BCUT2D eigenvalue weighted by Gasteiger charge is -2.30. The molecule has 10 nitrogen and oxygen atoms in total. The number of imidazole rings is 1. The van der Waals surface area contributed by atoms with Crippen LogP contribution in [-0.4, -0.2) is 68.4 Å². The maximum absolute atomic E-state index is 13.1. The Morgan fingerprint density at radius 3 is 2.69 bits per heavy atom. The fraction of sp³-hybridized carbons (Fsp3) is 0.423. The number of aromatic amines is 1. The Bertz CT molecular complexity index is 1500. The van der Waals surface area contributed by atoms with Crippen LogP contribution in [0.15, 0.2) is 45.6 Å². The molecule has 3 heterocycles. The summed E-state index contributed by atoms with van der Waals surface area (Å²) < 4.78 is 3.76. The van der Waals surface area contributed by atoms with Gasteiger partial charge in [-0.2, -0.15) is 10.2 Å². The van der Waals surface area contributed by atoms with Gasteiger partial charge in [0.15, 0.2) is 11.5 Å². The minimum atomic E-state index is -0.0443. The second-order valence-corrected chi connectivity index (χ2v) is 9.83. The SMILES string of the molecule is C=N/C(CNC1CCC(n2c(=O)[nH]c3cc(-c4cc(C)c5ncnn5c4)c(C)cc32)CC1)=N\N(C)C. The molecular formula is C26H33N9O. The van der Waals surface area contributed by atoms with Crippen LogP contribution < -0.4 is 11.0 Å². The van der Waals surface area contributed by atoms with Crippen LogP contribution in [0.2, 0.25) is 0 Å². The van der Waals surface area contributed by atoms with E-state index in [4.69, 9.17) is 0 Å². The Kier molecular flexibility index (Phi) is 6.44. The predicted octanol–water partition coefficient (Wildman–Crippen LogP) is 3.31. The topological polar surface area (TPSA) is 108 Å². The van der Waals surface area contributed by atoms with Crippen LogP contribution in [0, 0.1) is 13.8 Å². The fourth-order valence-corrected chi connectivity index (χ4v) is 5.32. The van der Waals surface area contributed by atoms with Crippen molar-refractivity contribution >= 4 is 29.2 Å². The summed E-state index contributed by atoms with van der Waals surface area (Å²) in [5, 5.41) is 13.9. The third-order valence-electron chi connectivity index (χ3n) is 7.04. The number of pyridine rings is 1. The van der Waals surface area contributed by atoms with E-state index in [1.54, 1.807) is 15.9 Å². The summed E-state index contributed by atoms with van der Waals surface area (Å²) in [6, 6.07) is 6.89. The molecule has 0 unspecified atom stereocenters. The van der Waals surface area contributed by atoms with Crippen molar-refractivity contribution in [3.05, 3.63) is 52.3 Å². The molecule has 10 heteroatoms. The molecule has 0 saturated heterocycles. The lowest BCUT2D eigenvalue weighted by atomic mass is 9.90. The minimum absolute atomic E-state index is 0.0443. The summed E-state index contributed by atoms with van der Waals surface area (Å²) >= 11 is 0. The summed E-state index contributed by atoms with van der Waals surface area (Å²) in [7, 11) is 3.74. The van der Waals surface area contributed by atoms with E-state index in [-0.39, 0.29) is 11.7 Å². The maximum atomic E-state index is 13.1. The molecule has 1 aliphatic rings. The summed E-state index contributed by atoms with van der Waals surface area (Å²) in [4.78, 5) is 24.5. The Morgan fingerprint density at radius 2 is 1.97 bits per heavy atom.